The van der Waals surface area contributed by atoms with E-state index in [1.54, 1.807) is 12.3 Å². The molecule has 0 aliphatic carbocycles. The molecule has 0 atom stereocenters. The standard InChI is InChI=1S/C6H6ClNS/c1-4-6(7)5(9)2-3-8-4/h2-3H,1H3,(H,8,9). The Bertz CT molecular complexity index is 204. The fourth-order valence-electron chi connectivity index (χ4n) is 0.535. The van der Waals surface area contributed by atoms with Gasteiger partial charge in [-0.1, -0.05) is 11.6 Å². The highest BCUT2D eigenvalue weighted by Crippen LogP contribution is 2.20. The smallest absolute Gasteiger partial charge is 0.0751 e. The molecule has 1 heterocycles. The summed E-state index contributed by atoms with van der Waals surface area (Å²) in [6.45, 7) is 1.85. The molecule has 0 bridgehead atoms. The van der Waals surface area contributed by atoms with Crippen LogP contribution in [0.2, 0.25) is 5.02 Å². The summed E-state index contributed by atoms with van der Waals surface area (Å²) in [5, 5.41) is 0.640. The van der Waals surface area contributed by atoms with Gasteiger partial charge < -0.3 is 0 Å². The summed E-state index contributed by atoms with van der Waals surface area (Å²) in [5.41, 5.74) is 0.823. The molecule has 0 aliphatic rings. The largest absolute Gasteiger partial charge is 0.260 e. The molecule has 0 unspecified atom stereocenters. The average Bonchev–Trinajstić information content (AvgIpc) is 1.83. The summed E-state index contributed by atoms with van der Waals surface area (Å²) in [5.74, 6) is 0. The Hall–Kier alpha value is -0.210. The summed E-state index contributed by atoms with van der Waals surface area (Å²) in [4.78, 5) is 4.74. The number of thiol groups is 1. The number of aryl methyl sites for hydroxylation is 1. The summed E-state index contributed by atoms with van der Waals surface area (Å²) >= 11 is 9.83. The van der Waals surface area contributed by atoms with E-state index in [-0.39, 0.29) is 0 Å². The molecule has 9 heavy (non-hydrogen) atoms. The molecule has 1 rings (SSSR count). The monoisotopic (exact) mass is 159 g/mol. The third-order valence-corrected chi connectivity index (χ3v) is 2.02. The van der Waals surface area contributed by atoms with Gasteiger partial charge in [0.05, 0.1) is 10.7 Å². The molecule has 0 N–H and O–H groups in total. The molecule has 0 aliphatic heterocycles. The van der Waals surface area contributed by atoms with Gasteiger partial charge >= 0.3 is 0 Å². The molecule has 0 spiro atoms. The second-order valence-electron chi connectivity index (χ2n) is 1.73. The zero-order valence-electron chi connectivity index (χ0n) is 4.93. The van der Waals surface area contributed by atoms with Gasteiger partial charge in [0.1, 0.15) is 0 Å². The van der Waals surface area contributed by atoms with Crippen molar-refractivity contribution in [3.05, 3.63) is 23.0 Å². The molecule has 0 amide bonds. The predicted molar refractivity (Wildman–Crippen MR) is 41.2 cm³/mol. The zero-order valence-corrected chi connectivity index (χ0v) is 6.58. The molecule has 3 heteroatoms. The predicted octanol–water partition coefficient (Wildman–Crippen LogP) is 2.33. The molecule has 1 aromatic heterocycles. The van der Waals surface area contributed by atoms with Crippen LogP contribution in [0.1, 0.15) is 5.69 Å². The van der Waals surface area contributed by atoms with Gasteiger partial charge in [-0.25, -0.2) is 0 Å². The first kappa shape index (κ1) is 6.90. The van der Waals surface area contributed by atoms with Gasteiger partial charge in [-0.15, -0.1) is 12.6 Å². The van der Waals surface area contributed by atoms with Crippen LogP contribution in [0, 0.1) is 6.92 Å². The molecule has 0 radical (unpaired) electrons. The first-order chi connectivity index (χ1) is 4.22. The Balaban J connectivity index is 3.25. The zero-order chi connectivity index (χ0) is 6.85. The minimum atomic E-state index is 0.640. The summed E-state index contributed by atoms with van der Waals surface area (Å²) in [6.07, 6.45) is 1.68. The van der Waals surface area contributed by atoms with E-state index >= 15 is 0 Å². The van der Waals surface area contributed by atoms with Crippen molar-refractivity contribution in [2.75, 3.05) is 0 Å². The van der Waals surface area contributed by atoms with Gasteiger partial charge in [-0.05, 0) is 13.0 Å². The third kappa shape index (κ3) is 1.37. The van der Waals surface area contributed by atoms with Crippen molar-refractivity contribution in [2.24, 2.45) is 0 Å². The van der Waals surface area contributed by atoms with Crippen LogP contribution in [0.15, 0.2) is 17.2 Å². The molecule has 0 saturated heterocycles. The van der Waals surface area contributed by atoms with Crippen LogP contribution in [-0.4, -0.2) is 4.98 Å². The second-order valence-corrected chi connectivity index (χ2v) is 2.59. The Kier molecular flexibility index (Phi) is 1.98. The van der Waals surface area contributed by atoms with Crippen LogP contribution in [0.3, 0.4) is 0 Å². The van der Waals surface area contributed by atoms with E-state index in [1.807, 2.05) is 6.92 Å². The summed E-state index contributed by atoms with van der Waals surface area (Å²) in [7, 11) is 0. The van der Waals surface area contributed by atoms with Crippen LogP contribution >= 0.6 is 24.2 Å². The first-order valence-electron chi connectivity index (χ1n) is 2.52. The van der Waals surface area contributed by atoms with Gasteiger partial charge in [0.2, 0.25) is 0 Å². The number of pyridine rings is 1. The lowest BCUT2D eigenvalue weighted by molar-refractivity contribution is 1.16. The van der Waals surface area contributed by atoms with Crippen LogP contribution in [0.25, 0.3) is 0 Å². The molecule has 0 aromatic carbocycles. The van der Waals surface area contributed by atoms with Gasteiger partial charge in [-0.2, -0.15) is 0 Å². The van der Waals surface area contributed by atoms with Crippen molar-refractivity contribution in [1.29, 1.82) is 0 Å². The lowest BCUT2D eigenvalue weighted by Crippen LogP contribution is -1.80. The SMILES string of the molecule is Cc1nccc(S)c1Cl. The molecular weight excluding hydrogens is 154 g/mol. The minimum Gasteiger partial charge on any atom is -0.260 e. The van der Waals surface area contributed by atoms with Gasteiger partial charge in [0.15, 0.2) is 0 Å². The third-order valence-electron chi connectivity index (χ3n) is 1.04. The van der Waals surface area contributed by atoms with Crippen molar-refractivity contribution in [1.82, 2.24) is 4.98 Å². The highest BCUT2D eigenvalue weighted by Gasteiger charge is 1.97. The Morgan fingerprint density at radius 1 is 1.67 bits per heavy atom. The number of hydrogen-bond acceptors (Lipinski definition) is 2. The average molecular weight is 160 g/mol. The van der Waals surface area contributed by atoms with Crippen LogP contribution < -0.4 is 0 Å². The van der Waals surface area contributed by atoms with Crippen molar-refractivity contribution < 1.29 is 0 Å². The Labute approximate surface area is 64.5 Å². The van der Waals surface area contributed by atoms with E-state index in [4.69, 9.17) is 11.6 Å². The highest BCUT2D eigenvalue weighted by atomic mass is 35.5. The quantitative estimate of drug-likeness (QED) is 0.574. The lowest BCUT2D eigenvalue weighted by atomic mass is 10.4. The minimum absolute atomic E-state index is 0.640. The number of nitrogens with zero attached hydrogens (tertiary/aromatic N) is 1. The highest BCUT2D eigenvalue weighted by molar-refractivity contribution is 7.80. The maximum atomic E-state index is 5.74. The molecular formula is C6H6ClNS. The lowest BCUT2D eigenvalue weighted by Gasteiger charge is -1.96. The summed E-state index contributed by atoms with van der Waals surface area (Å²) in [6, 6.07) is 1.76. The Morgan fingerprint density at radius 2 is 2.33 bits per heavy atom. The van der Waals surface area contributed by atoms with Crippen molar-refractivity contribution in [2.45, 2.75) is 11.8 Å². The Morgan fingerprint density at radius 3 is 2.78 bits per heavy atom. The number of aromatic nitrogens is 1. The second kappa shape index (κ2) is 2.58. The maximum Gasteiger partial charge on any atom is 0.0751 e. The molecule has 1 nitrogen and oxygen atoms in total. The van der Waals surface area contributed by atoms with E-state index in [9.17, 15) is 0 Å². The van der Waals surface area contributed by atoms with Crippen molar-refractivity contribution in [3.63, 3.8) is 0 Å². The number of halogens is 1. The molecule has 48 valence electrons. The van der Waals surface area contributed by atoms with Crippen molar-refractivity contribution >= 4 is 24.2 Å². The van der Waals surface area contributed by atoms with Crippen LogP contribution in [-0.2, 0) is 0 Å². The first-order valence-corrected chi connectivity index (χ1v) is 3.34. The molecule has 0 saturated carbocycles. The van der Waals surface area contributed by atoms with Gasteiger partial charge in [-0.3, -0.25) is 4.98 Å². The van der Waals surface area contributed by atoms with E-state index in [1.165, 1.54) is 0 Å². The molecule has 1 aromatic rings. The van der Waals surface area contributed by atoms with Gasteiger partial charge in [0.25, 0.3) is 0 Å². The van der Waals surface area contributed by atoms with Crippen molar-refractivity contribution in [3.8, 4) is 0 Å². The van der Waals surface area contributed by atoms with E-state index < -0.39 is 0 Å². The van der Waals surface area contributed by atoms with E-state index in [2.05, 4.69) is 17.6 Å². The fourth-order valence-corrected chi connectivity index (χ4v) is 0.875. The van der Waals surface area contributed by atoms with E-state index in [0.29, 0.717) is 5.02 Å². The number of hydrogen-bond donors (Lipinski definition) is 1. The normalized spacial score (nSPS) is 9.67. The number of rotatable bonds is 0. The van der Waals surface area contributed by atoms with E-state index in [0.717, 1.165) is 10.6 Å². The summed E-state index contributed by atoms with van der Waals surface area (Å²) < 4.78 is 0. The van der Waals surface area contributed by atoms with Crippen LogP contribution in [0.4, 0.5) is 0 Å². The topological polar surface area (TPSA) is 12.9 Å². The maximum absolute atomic E-state index is 5.74. The molecule has 0 fully saturated rings. The van der Waals surface area contributed by atoms with Crippen LogP contribution in [0.5, 0.6) is 0 Å². The van der Waals surface area contributed by atoms with Gasteiger partial charge in [0, 0.05) is 11.1 Å². The fraction of sp³-hybridized carbons (Fsp3) is 0.167.